The van der Waals surface area contributed by atoms with E-state index in [1.54, 1.807) is 23.5 Å². The summed E-state index contributed by atoms with van der Waals surface area (Å²) in [6.07, 6.45) is 0.755. The van der Waals surface area contributed by atoms with Crippen LogP contribution in [0.3, 0.4) is 0 Å². The number of hydrogen-bond acceptors (Lipinski definition) is 6. The van der Waals surface area contributed by atoms with E-state index >= 15 is 0 Å². The Bertz CT molecular complexity index is 771. The van der Waals surface area contributed by atoms with Gasteiger partial charge in [-0.15, -0.1) is 11.3 Å². The average molecular weight is 374 g/mol. The van der Waals surface area contributed by atoms with Crippen LogP contribution in [-0.4, -0.2) is 55.5 Å². The number of piperazine rings is 1. The van der Waals surface area contributed by atoms with Gasteiger partial charge in [-0.3, -0.25) is 14.9 Å². The molecule has 8 heteroatoms. The van der Waals surface area contributed by atoms with Gasteiger partial charge in [-0.05, 0) is 37.0 Å². The van der Waals surface area contributed by atoms with Gasteiger partial charge in [0.1, 0.15) is 5.69 Å². The zero-order valence-corrected chi connectivity index (χ0v) is 15.5. The number of carbonyl (C=O) groups excluding carboxylic acids is 1. The van der Waals surface area contributed by atoms with Crippen LogP contribution in [0.2, 0.25) is 0 Å². The minimum absolute atomic E-state index is 0.0135. The standard InChI is InChI=1S/C18H22N4O3S/c1-20-8-10-21(11-9-20)16-5-4-14(13-17(16)22(24)25)18(23)19-7-6-15-3-2-12-26-15/h2-5,12-13H,6-11H2,1H3,(H,19,23). The summed E-state index contributed by atoms with van der Waals surface area (Å²) in [7, 11) is 2.04. The van der Waals surface area contributed by atoms with Crippen molar-refractivity contribution in [1.82, 2.24) is 10.2 Å². The molecule has 0 atom stereocenters. The molecule has 0 radical (unpaired) electrons. The van der Waals surface area contributed by atoms with E-state index in [-0.39, 0.29) is 11.6 Å². The van der Waals surface area contributed by atoms with Gasteiger partial charge < -0.3 is 15.1 Å². The van der Waals surface area contributed by atoms with Crippen molar-refractivity contribution >= 4 is 28.6 Å². The molecule has 1 amide bonds. The highest BCUT2D eigenvalue weighted by molar-refractivity contribution is 7.09. The minimum atomic E-state index is -0.407. The highest BCUT2D eigenvalue weighted by atomic mass is 32.1. The Morgan fingerprint density at radius 3 is 2.69 bits per heavy atom. The van der Waals surface area contributed by atoms with E-state index in [1.165, 1.54) is 10.9 Å². The molecule has 7 nitrogen and oxygen atoms in total. The van der Waals surface area contributed by atoms with Crippen molar-refractivity contribution < 1.29 is 9.72 Å². The Balaban J connectivity index is 1.69. The highest BCUT2D eigenvalue weighted by Gasteiger charge is 2.24. The molecule has 2 aromatic rings. The van der Waals surface area contributed by atoms with Crippen molar-refractivity contribution in [2.24, 2.45) is 0 Å². The van der Waals surface area contributed by atoms with Crippen molar-refractivity contribution in [2.45, 2.75) is 6.42 Å². The monoisotopic (exact) mass is 374 g/mol. The first-order valence-corrected chi connectivity index (χ1v) is 9.45. The van der Waals surface area contributed by atoms with Crippen molar-refractivity contribution in [3.8, 4) is 0 Å². The number of nitrogens with zero attached hydrogens (tertiary/aromatic N) is 3. The fourth-order valence-electron chi connectivity index (χ4n) is 2.98. The van der Waals surface area contributed by atoms with Gasteiger partial charge in [0.2, 0.25) is 0 Å². The maximum atomic E-state index is 12.3. The first kappa shape index (κ1) is 18.3. The van der Waals surface area contributed by atoms with E-state index in [1.807, 2.05) is 29.5 Å². The number of nitro groups is 1. The number of likely N-dealkylation sites (N-methyl/N-ethyl adjacent to an activating group) is 1. The van der Waals surface area contributed by atoms with Crippen molar-refractivity contribution in [3.05, 3.63) is 56.3 Å². The van der Waals surface area contributed by atoms with Gasteiger partial charge in [0.05, 0.1) is 4.92 Å². The molecule has 0 bridgehead atoms. The number of anilines is 1. The van der Waals surface area contributed by atoms with Gasteiger partial charge in [0.25, 0.3) is 11.6 Å². The Morgan fingerprint density at radius 1 is 1.27 bits per heavy atom. The number of thiophene rings is 1. The lowest BCUT2D eigenvalue weighted by Crippen LogP contribution is -2.44. The molecule has 0 unspecified atom stereocenters. The fraction of sp³-hybridized carbons (Fsp3) is 0.389. The lowest BCUT2D eigenvalue weighted by molar-refractivity contribution is -0.384. The van der Waals surface area contributed by atoms with Crippen molar-refractivity contribution in [2.75, 3.05) is 44.7 Å². The zero-order valence-electron chi connectivity index (χ0n) is 14.7. The van der Waals surface area contributed by atoms with Crippen LogP contribution in [-0.2, 0) is 6.42 Å². The first-order chi connectivity index (χ1) is 12.5. The summed E-state index contributed by atoms with van der Waals surface area (Å²) < 4.78 is 0. The Morgan fingerprint density at radius 2 is 2.04 bits per heavy atom. The van der Waals surface area contributed by atoms with Gasteiger partial charge in [-0.1, -0.05) is 6.07 Å². The number of nitro benzene ring substituents is 1. The molecule has 0 saturated carbocycles. The summed E-state index contributed by atoms with van der Waals surface area (Å²) in [6, 6.07) is 8.74. The highest BCUT2D eigenvalue weighted by Crippen LogP contribution is 2.30. The molecule has 26 heavy (non-hydrogen) atoms. The molecular formula is C18H22N4O3S. The second-order valence-electron chi connectivity index (χ2n) is 6.34. The third-order valence-corrected chi connectivity index (χ3v) is 5.45. The van der Waals surface area contributed by atoms with Crippen LogP contribution in [0.15, 0.2) is 35.7 Å². The molecule has 1 aliphatic rings. The molecule has 0 aliphatic carbocycles. The summed E-state index contributed by atoms with van der Waals surface area (Å²) in [5.41, 5.74) is 0.888. The van der Waals surface area contributed by atoms with Crippen LogP contribution in [0.25, 0.3) is 0 Å². The Kier molecular flexibility index (Phi) is 5.85. The Labute approximate surface area is 156 Å². The van der Waals surface area contributed by atoms with Crippen LogP contribution in [0.5, 0.6) is 0 Å². The third-order valence-electron chi connectivity index (χ3n) is 4.52. The van der Waals surface area contributed by atoms with Crippen LogP contribution in [0.4, 0.5) is 11.4 Å². The van der Waals surface area contributed by atoms with E-state index in [0.29, 0.717) is 17.8 Å². The first-order valence-electron chi connectivity index (χ1n) is 8.57. The molecule has 1 saturated heterocycles. The van der Waals surface area contributed by atoms with Crippen LogP contribution >= 0.6 is 11.3 Å². The van der Waals surface area contributed by atoms with E-state index in [0.717, 1.165) is 32.6 Å². The van der Waals surface area contributed by atoms with Crippen LogP contribution in [0.1, 0.15) is 15.2 Å². The van der Waals surface area contributed by atoms with E-state index in [9.17, 15) is 14.9 Å². The molecule has 1 aromatic heterocycles. The summed E-state index contributed by atoms with van der Waals surface area (Å²) in [4.78, 5) is 28.8. The van der Waals surface area contributed by atoms with Gasteiger partial charge in [-0.2, -0.15) is 0 Å². The number of amides is 1. The lowest BCUT2D eigenvalue weighted by atomic mass is 10.1. The van der Waals surface area contributed by atoms with Gasteiger partial charge >= 0.3 is 0 Å². The number of benzene rings is 1. The summed E-state index contributed by atoms with van der Waals surface area (Å²) in [5, 5.41) is 16.3. The Hall–Kier alpha value is -2.45. The summed E-state index contributed by atoms with van der Waals surface area (Å²) in [6.45, 7) is 3.71. The smallest absolute Gasteiger partial charge is 0.293 e. The van der Waals surface area contributed by atoms with Gasteiger partial charge in [0.15, 0.2) is 0 Å². The maximum absolute atomic E-state index is 12.3. The van der Waals surface area contributed by atoms with E-state index in [4.69, 9.17) is 0 Å². The number of hydrogen-bond donors (Lipinski definition) is 1. The second-order valence-corrected chi connectivity index (χ2v) is 7.37. The van der Waals surface area contributed by atoms with Gasteiger partial charge in [-0.25, -0.2) is 0 Å². The number of nitrogens with one attached hydrogen (secondary N) is 1. The maximum Gasteiger partial charge on any atom is 0.293 e. The van der Waals surface area contributed by atoms with E-state index in [2.05, 4.69) is 10.2 Å². The molecule has 138 valence electrons. The minimum Gasteiger partial charge on any atom is -0.363 e. The van der Waals surface area contributed by atoms with Crippen LogP contribution < -0.4 is 10.2 Å². The number of carbonyl (C=O) groups is 1. The molecule has 3 rings (SSSR count). The fourth-order valence-corrected chi connectivity index (χ4v) is 3.69. The molecule has 1 fully saturated rings. The molecule has 1 aromatic carbocycles. The summed E-state index contributed by atoms with van der Waals surface area (Å²) >= 11 is 1.65. The van der Waals surface area contributed by atoms with E-state index < -0.39 is 4.92 Å². The zero-order chi connectivity index (χ0) is 18.5. The predicted octanol–water partition coefficient (Wildman–Crippen LogP) is 2.38. The lowest BCUT2D eigenvalue weighted by Gasteiger charge is -2.33. The predicted molar refractivity (Wildman–Crippen MR) is 103 cm³/mol. The third kappa shape index (κ3) is 4.39. The second kappa shape index (κ2) is 8.29. The summed E-state index contributed by atoms with van der Waals surface area (Å²) in [5.74, 6) is -0.283. The van der Waals surface area contributed by atoms with Crippen molar-refractivity contribution in [3.63, 3.8) is 0 Å². The van der Waals surface area contributed by atoms with Crippen LogP contribution in [0, 0.1) is 10.1 Å². The SMILES string of the molecule is CN1CCN(c2ccc(C(=O)NCCc3cccs3)cc2[N+](=O)[O-])CC1. The number of rotatable bonds is 6. The quantitative estimate of drug-likeness (QED) is 0.620. The molecular weight excluding hydrogens is 352 g/mol. The van der Waals surface area contributed by atoms with Crippen molar-refractivity contribution in [1.29, 1.82) is 0 Å². The topological polar surface area (TPSA) is 78.7 Å². The molecule has 0 spiro atoms. The molecule has 2 heterocycles. The molecule has 1 aliphatic heterocycles. The largest absolute Gasteiger partial charge is 0.363 e. The van der Waals surface area contributed by atoms with Gasteiger partial charge in [0, 0.05) is 49.2 Å². The average Bonchev–Trinajstić information content (AvgIpc) is 3.15. The normalized spacial score (nSPS) is 15.0. The molecule has 1 N–H and O–H groups in total.